The third-order valence-corrected chi connectivity index (χ3v) is 7.35. The van der Waals surface area contributed by atoms with Crippen LogP contribution in [0.2, 0.25) is 0 Å². The minimum atomic E-state index is -0.451. The van der Waals surface area contributed by atoms with Crippen molar-refractivity contribution in [2.75, 3.05) is 33.2 Å². The van der Waals surface area contributed by atoms with E-state index in [1.54, 1.807) is 16.8 Å². The number of pyridine rings is 1. The molecule has 0 bridgehead atoms. The predicted molar refractivity (Wildman–Crippen MR) is 157 cm³/mol. The summed E-state index contributed by atoms with van der Waals surface area (Å²) in [6.07, 6.45) is 4.08. The molecule has 2 aromatic heterocycles. The fraction of sp³-hybridized carbons (Fsp3) is 0.467. The maximum atomic E-state index is 12.5. The molecule has 1 aliphatic carbocycles. The Labute approximate surface area is 239 Å². The highest BCUT2D eigenvalue weighted by atomic mass is 16.6. The Morgan fingerprint density at radius 1 is 1.17 bits per heavy atom. The monoisotopic (exact) mass is 564 g/mol. The number of aryl methyl sites for hydroxylation is 1. The first-order valence-corrected chi connectivity index (χ1v) is 13.9. The van der Waals surface area contributed by atoms with E-state index in [9.17, 15) is 19.2 Å². The number of piperidine rings is 1. The van der Waals surface area contributed by atoms with Crippen molar-refractivity contribution in [3.05, 3.63) is 69.8 Å². The van der Waals surface area contributed by atoms with Crippen molar-refractivity contribution in [2.45, 2.75) is 45.9 Å². The molecule has 41 heavy (non-hydrogen) atoms. The third kappa shape index (κ3) is 7.55. The molecule has 3 aromatic rings. The molecule has 5 rings (SSSR count). The van der Waals surface area contributed by atoms with E-state index in [2.05, 4.69) is 25.8 Å². The maximum absolute atomic E-state index is 12.5. The van der Waals surface area contributed by atoms with Gasteiger partial charge in [0.1, 0.15) is 11.2 Å². The number of carbonyl (C=O) groups excluding carboxylic acids is 3. The summed E-state index contributed by atoms with van der Waals surface area (Å²) >= 11 is 0. The molecule has 0 spiro atoms. The molecule has 2 unspecified atom stereocenters. The number of aromatic amines is 1. The molecule has 11 nitrogen and oxygen atoms in total. The van der Waals surface area contributed by atoms with Crippen molar-refractivity contribution in [3.63, 3.8) is 0 Å². The Hall–Kier alpha value is -4.12. The average molecular weight is 565 g/mol. The predicted octanol–water partition coefficient (Wildman–Crippen LogP) is 2.23. The Morgan fingerprint density at radius 3 is 2.56 bits per heavy atom. The van der Waals surface area contributed by atoms with Gasteiger partial charge in [-0.1, -0.05) is 12.1 Å². The molecule has 2 aliphatic rings. The smallest absolute Gasteiger partial charge is 0.407 e. The zero-order valence-electron chi connectivity index (χ0n) is 24.3. The third-order valence-electron chi connectivity index (χ3n) is 7.35. The van der Waals surface area contributed by atoms with Crippen LogP contribution in [0.15, 0.2) is 47.5 Å². The number of nitrogens with one attached hydrogen (secondary N) is 4. The molecule has 4 N–H and O–H groups in total. The van der Waals surface area contributed by atoms with Gasteiger partial charge < -0.3 is 35.1 Å². The highest BCUT2D eigenvalue weighted by Gasteiger charge is 2.55. The van der Waals surface area contributed by atoms with Crippen LogP contribution in [0.25, 0.3) is 10.9 Å². The number of alkyl carbamates (subject to hydrolysis) is 1. The van der Waals surface area contributed by atoms with Gasteiger partial charge in [-0.2, -0.15) is 0 Å². The SMILES string of the molecule is CC(C)(C)OC(=O)NCCN1CC2C(C1)C2NC=O.CNC(=O)c1cc(C)cn(Cc2cccc3[nH]ccc23)c1=O. The molecule has 1 saturated heterocycles. The van der Waals surface area contributed by atoms with Gasteiger partial charge in [-0.05, 0) is 68.9 Å². The first-order chi connectivity index (χ1) is 19.5. The lowest BCUT2D eigenvalue weighted by Crippen LogP contribution is -2.39. The maximum Gasteiger partial charge on any atom is 0.407 e. The second kappa shape index (κ2) is 12.6. The zero-order valence-corrected chi connectivity index (χ0v) is 24.3. The summed E-state index contributed by atoms with van der Waals surface area (Å²) in [6.45, 7) is 11.3. The van der Waals surface area contributed by atoms with E-state index in [-0.39, 0.29) is 23.1 Å². The van der Waals surface area contributed by atoms with Crippen LogP contribution >= 0.6 is 0 Å². The molecule has 2 atom stereocenters. The van der Waals surface area contributed by atoms with Gasteiger partial charge in [-0.25, -0.2) is 4.79 Å². The lowest BCUT2D eigenvalue weighted by Gasteiger charge is -2.22. The van der Waals surface area contributed by atoms with E-state index in [0.29, 0.717) is 31.0 Å². The Balaban J connectivity index is 0.000000191. The van der Waals surface area contributed by atoms with E-state index in [0.717, 1.165) is 48.1 Å². The van der Waals surface area contributed by atoms with Gasteiger partial charge in [0.25, 0.3) is 11.5 Å². The molecule has 1 aliphatic heterocycles. The van der Waals surface area contributed by atoms with Gasteiger partial charge in [-0.3, -0.25) is 14.4 Å². The Bertz CT molecular complexity index is 1440. The van der Waals surface area contributed by atoms with E-state index >= 15 is 0 Å². The highest BCUT2D eigenvalue weighted by molar-refractivity contribution is 5.93. The van der Waals surface area contributed by atoms with Crippen LogP contribution in [0.3, 0.4) is 0 Å². The van der Waals surface area contributed by atoms with Gasteiger partial charge in [-0.15, -0.1) is 0 Å². The summed E-state index contributed by atoms with van der Waals surface area (Å²) < 4.78 is 6.75. The fourth-order valence-electron chi connectivity index (χ4n) is 5.42. The van der Waals surface area contributed by atoms with E-state index in [4.69, 9.17) is 4.74 Å². The standard InChI is InChI=1S/C17H17N3O2.C13H23N3O3/c1-11-8-14(16(21)18-2)17(22)20(9-11)10-12-4-3-5-15-13(12)6-7-19-15;1-13(2,3)19-12(18)14-4-5-16-6-9-10(7-16)11(9)15-8-17/h3-9,19H,10H2,1-2H3,(H,18,21);8-11H,4-7H2,1-3H3,(H,14,18)(H,15,17). The number of aromatic nitrogens is 2. The normalized spacial score (nSPS) is 19.5. The number of rotatable bonds is 8. The number of likely N-dealkylation sites (tertiary alicyclic amines) is 1. The average Bonchev–Trinajstić information content (AvgIpc) is 3.26. The summed E-state index contributed by atoms with van der Waals surface area (Å²) in [6, 6.07) is 9.93. The molecule has 1 aromatic carbocycles. The molecular weight excluding hydrogens is 524 g/mol. The van der Waals surface area contributed by atoms with Crippen LogP contribution in [-0.2, 0) is 16.1 Å². The number of H-pyrrole nitrogens is 1. The first kappa shape index (κ1) is 29.9. The second-order valence-corrected chi connectivity index (χ2v) is 11.6. The van der Waals surface area contributed by atoms with Gasteiger partial charge in [0, 0.05) is 62.6 Å². The number of benzene rings is 1. The Morgan fingerprint density at radius 2 is 1.90 bits per heavy atom. The lowest BCUT2D eigenvalue weighted by molar-refractivity contribution is -0.109. The van der Waals surface area contributed by atoms with Crippen molar-refractivity contribution in [1.29, 1.82) is 0 Å². The summed E-state index contributed by atoms with van der Waals surface area (Å²) in [5.41, 5.74) is 2.38. The van der Waals surface area contributed by atoms with Crippen LogP contribution in [0, 0.1) is 18.8 Å². The first-order valence-electron chi connectivity index (χ1n) is 13.9. The zero-order chi connectivity index (χ0) is 29.7. The molecule has 3 amide bonds. The van der Waals surface area contributed by atoms with Crippen molar-refractivity contribution in [3.8, 4) is 0 Å². The number of amides is 3. The van der Waals surface area contributed by atoms with Gasteiger partial charge in [0.2, 0.25) is 6.41 Å². The summed E-state index contributed by atoms with van der Waals surface area (Å²) in [4.78, 5) is 51.6. The lowest BCUT2D eigenvalue weighted by atomic mass is 10.1. The number of nitrogens with zero attached hydrogens (tertiary/aromatic N) is 2. The van der Waals surface area contributed by atoms with Gasteiger partial charge in [0.15, 0.2) is 0 Å². The number of carbonyl (C=O) groups is 3. The van der Waals surface area contributed by atoms with E-state index < -0.39 is 5.60 Å². The summed E-state index contributed by atoms with van der Waals surface area (Å²) in [5.74, 6) is 0.848. The Kier molecular flexibility index (Phi) is 9.17. The fourth-order valence-corrected chi connectivity index (χ4v) is 5.42. The van der Waals surface area contributed by atoms with Crippen LogP contribution in [0.1, 0.15) is 42.3 Å². The van der Waals surface area contributed by atoms with Crippen molar-refractivity contribution < 1.29 is 19.1 Å². The largest absolute Gasteiger partial charge is 0.444 e. The van der Waals surface area contributed by atoms with Crippen LogP contribution < -0.4 is 21.5 Å². The summed E-state index contributed by atoms with van der Waals surface area (Å²) in [5, 5.41) is 9.19. The number of hydrogen-bond acceptors (Lipinski definition) is 6. The molecule has 1 saturated carbocycles. The molecule has 2 fully saturated rings. The van der Waals surface area contributed by atoms with Gasteiger partial charge >= 0.3 is 6.09 Å². The van der Waals surface area contributed by atoms with Crippen LogP contribution in [0.4, 0.5) is 4.79 Å². The van der Waals surface area contributed by atoms with E-state index in [1.807, 2.05) is 58.2 Å². The molecule has 220 valence electrons. The van der Waals surface area contributed by atoms with Crippen LogP contribution in [0.5, 0.6) is 0 Å². The van der Waals surface area contributed by atoms with Crippen LogP contribution in [-0.4, -0.2) is 77.7 Å². The number of ether oxygens (including phenoxy) is 1. The minimum Gasteiger partial charge on any atom is -0.444 e. The molecular formula is C30H40N6O5. The molecule has 11 heteroatoms. The van der Waals surface area contributed by atoms with Crippen molar-refractivity contribution in [1.82, 2.24) is 30.4 Å². The van der Waals surface area contributed by atoms with E-state index in [1.165, 1.54) is 7.05 Å². The molecule has 0 radical (unpaired) electrons. The number of hydrogen-bond donors (Lipinski definition) is 4. The quantitative estimate of drug-likeness (QED) is 0.310. The minimum absolute atomic E-state index is 0.170. The second-order valence-electron chi connectivity index (χ2n) is 11.6. The molecule has 3 heterocycles. The topological polar surface area (TPSA) is 138 Å². The number of fused-ring (bicyclic) bond motifs is 2. The van der Waals surface area contributed by atoms with Crippen molar-refractivity contribution >= 4 is 29.3 Å². The van der Waals surface area contributed by atoms with Crippen molar-refractivity contribution in [2.24, 2.45) is 11.8 Å². The van der Waals surface area contributed by atoms with Gasteiger partial charge in [0.05, 0.1) is 6.54 Å². The highest BCUT2D eigenvalue weighted by Crippen LogP contribution is 2.44. The summed E-state index contributed by atoms with van der Waals surface area (Å²) in [7, 11) is 1.52.